The molecule has 0 fully saturated rings. The van der Waals surface area contributed by atoms with Gasteiger partial charge in [0, 0.05) is 0 Å². The van der Waals surface area contributed by atoms with Crippen molar-refractivity contribution in [2.45, 2.75) is 20.3 Å². The molecule has 9 heavy (non-hydrogen) atoms. The minimum Gasteiger partial charge on any atom is -0.483 e. The topological polar surface area (TPSA) is 63.3 Å². The van der Waals surface area contributed by atoms with Crippen LogP contribution in [0.5, 0.6) is 0 Å². The standard InChI is InChI=1S/C5H13N.CH2O2/c1-5(2)3-4-6;2-1-3/h5H,3-4,6H2,1-2H3;1H,(H,2,3). The third kappa shape index (κ3) is 37.1. The van der Waals surface area contributed by atoms with Crippen LogP contribution in [0, 0.1) is 5.92 Å². The molecule has 0 unspecified atom stereocenters. The third-order valence-electron chi connectivity index (χ3n) is 0.744. The van der Waals surface area contributed by atoms with E-state index in [2.05, 4.69) is 13.8 Å². The second-order valence-electron chi connectivity index (χ2n) is 2.08. The first-order valence-electron chi connectivity index (χ1n) is 2.97. The highest BCUT2D eigenvalue weighted by molar-refractivity contribution is 5.32. The van der Waals surface area contributed by atoms with Gasteiger partial charge in [-0.25, -0.2) is 0 Å². The van der Waals surface area contributed by atoms with Crippen LogP contribution in [0.1, 0.15) is 20.3 Å². The summed E-state index contributed by atoms with van der Waals surface area (Å²) in [4.78, 5) is 8.36. The van der Waals surface area contributed by atoms with E-state index in [9.17, 15) is 0 Å². The molecule has 0 aromatic carbocycles. The number of hydrogen-bond acceptors (Lipinski definition) is 2. The van der Waals surface area contributed by atoms with Crippen LogP contribution in [-0.4, -0.2) is 18.1 Å². The van der Waals surface area contributed by atoms with Gasteiger partial charge in [-0.1, -0.05) is 13.8 Å². The van der Waals surface area contributed by atoms with Gasteiger partial charge < -0.3 is 10.8 Å². The summed E-state index contributed by atoms with van der Waals surface area (Å²) in [6, 6.07) is 0. The van der Waals surface area contributed by atoms with Crippen molar-refractivity contribution in [2.24, 2.45) is 11.7 Å². The Morgan fingerprint density at radius 1 is 1.67 bits per heavy atom. The molecular weight excluding hydrogens is 118 g/mol. The van der Waals surface area contributed by atoms with Crippen molar-refractivity contribution < 1.29 is 9.90 Å². The second-order valence-corrected chi connectivity index (χ2v) is 2.08. The molecule has 0 heterocycles. The highest BCUT2D eigenvalue weighted by Gasteiger charge is 1.85. The Hall–Kier alpha value is -0.570. The SMILES string of the molecule is CC(C)CCN.O=CO. The molecule has 0 atom stereocenters. The van der Waals surface area contributed by atoms with E-state index in [4.69, 9.17) is 15.6 Å². The maximum Gasteiger partial charge on any atom is 0.290 e. The normalized spacial score (nSPS) is 8.00. The molecular formula is C6H15NO2. The molecule has 0 saturated carbocycles. The zero-order valence-corrected chi connectivity index (χ0v) is 6.00. The van der Waals surface area contributed by atoms with Crippen LogP contribution in [0.15, 0.2) is 0 Å². The van der Waals surface area contributed by atoms with Gasteiger partial charge in [-0.3, -0.25) is 4.79 Å². The Bertz CT molecular complexity index is 55.0. The molecule has 3 nitrogen and oxygen atoms in total. The zero-order valence-electron chi connectivity index (χ0n) is 6.00. The Balaban J connectivity index is 0. The zero-order chi connectivity index (χ0) is 7.70. The summed E-state index contributed by atoms with van der Waals surface area (Å²) < 4.78 is 0. The number of nitrogens with two attached hydrogens (primary N) is 1. The van der Waals surface area contributed by atoms with Gasteiger partial charge in [0.05, 0.1) is 0 Å². The predicted octanol–water partition coefficient (Wildman–Crippen LogP) is 0.692. The van der Waals surface area contributed by atoms with Crippen LogP contribution in [0.4, 0.5) is 0 Å². The highest BCUT2D eigenvalue weighted by Crippen LogP contribution is 1.93. The van der Waals surface area contributed by atoms with Crippen molar-refractivity contribution in [3.8, 4) is 0 Å². The fourth-order valence-electron chi connectivity index (χ4n) is 0.333. The van der Waals surface area contributed by atoms with Crippen LogP contribution < -0.4 is 5.73 Å². The second kappa shape index (κ2) is 10.4. The van der Waals surface area contributed by atoms with Crippen LogP contribution in [-0.2, 0) is 4.79 Å². The minimum atomic E-state index is -0.250. The van der Waals surface area contributed by atoms with E-state index in [1.54, 1.807) is 0 Å². The minimum absolute atomic E-state index is 0.250. The summed E-state index contributed by atoms with van der Waals surface area (Å²) in [5, 5.41) is 6.89. The van der Waals surface area contributed by atoms with Crippen molar-refractivity contribution >= 4 is 6.47 Å². The molecule has 0 aliphatic heterocycles. The van der Waals surface area contributed by atoms with Crippen molar-refractivity contribution in [1.82, 2.24) is 0 Å². The molecule has 56 valence electrons. The molecule has 0 aromatic heterocycles. The summed E-state index contributed by atoms with van der Waals surface area (Å²) in [5.41, 5.74) is 5.23. The van der Waals surface area contributed by atoms with Gasteiger partial charge in [-0.15, -0.1) is 0 Å². The summed E-state index contributed by atoms with van der Waals surface area (Å²) >= 11 is 0. The van der Waals surface area contributed by atoms with E-state index in [1.165, 1.54) is 0 Å². The van der Waals surface area contributed by atoms with Gasteiger partial charge in [0.15, 0.2) is 0 Å². The molecule has 0 amide bonds. The van der Waals surface area contributed by atoms with Crippen molar-refractivity contribution in [1.29, 1.82) is 0 Å². The molecule has 0 aliphatic rings. The van der Waals surface area contributed by atoms with E-state index >= 15 is 0 Å². The van der Waals surface area contributed by atoms with Crippen LogP contribution in [0.25, 0.3) is 0 Å². The van der Waals surface area contributed by atoms with E-state index in [0.29, 0.717) is 0 Å². The van der Waals surface area contributed by atoms with Crippen LogP contribution >= 0.6 is 0 Å². The molecule has 3 N–H and O–H groups in total. The van der Waals surface area contributed by atoms with E-state index in [-0.39, 0.29) is 6.47 Å². The Kier molecular flexibility index (Phi) is 13.0. The van der Waals surface area contributed by atoms with Gasteiger partial charge in [0.1, 0.15) is 0 Å². The number of hydrogen-bond donors (Lipinski definition) is 2. The van der Waals surface area contributed by atoms with Crippen LogP contribution in [0.3, 0.4) is 0 Å². The number of carboxylic acid groups (broad SMARTS) is 1. The number of rotatable bonds is 2. The molecule has 0 rings (SSSR count). The largest absolute Gasteiger partial charge is 0.483 e. The number of carbonyl (C=O) groups is 1. The first-order valence-corrected chi connectivity index (χ1v) is 2.97. The molecule has 0 bridgehead atoms. The molecule has 0 radical (unpaired) electrons. The van der Waals surface area contributed by atoms with E-state index in [0.717, 1.165) is 18.9 Å². The molecule has 0 saturated heterocycles. The summed E-state index contributed by atoms with van der Waals surface area (Å²) in [7, 11) is 0. The van der Waals surface area contributed by atoms with Gasteiger partial charge in [0.2, 0.25) is 0 Å². The van der Waals surface area contributed by atoms with E-state index < -0.39 is 0 Å². The Morgan fingerprint density at radius 2 is 2.00 bits per heavy atom. The van der Waals surface area contributed by atoms with Gasteiger partial charge in [-0.05, 0) is 18.9 Å². The molecule has 0 spiro atoms. The van der Waals surface area contributed by atoms with Crippen molar-refractivity contribution in [3.63, 3.8) is 0 Å². The third-order valence-corrected chi connectivity index (χ3v) is 0.744. The Morgan fingerprint density at radius 3 is 2.00 bits per heavy atom. The lowest BCUT2D eigenvalue weighted by molar-refractivity contribution is -0.122. The summed E-state index contributed by atoms with van der Waals surface area (Å²) in [5.74, 6) is 0.773. The lowest BCUT2D eigenvalue weighted by atomic mass is 10.1. The molecule has 0 aliphatic carbocycles. The first-order chi connectivity index (χ1) is 4.18. The Labute approximate surface area is 55.9 Å². The van der Waals surface area contributed by atoms with Gasteiger partial charge in [-0.2, -0.15) is 0 Å². The predicted molar refractivity (Wildman–Crippen MR) is 37.2 cm³/mol. The summed E-state index contributed by atoms with van der Waals surface area (Å²) in [6.45, 7) is 4.93. The van der Waals surface area contributed by atoms with Crippen molar-refractivity contribution in [2.75, 3.05) is 6.54 Å². The average Bonchev–Trinajstić information content (AvgIpc) is 1.67. The quantitative estimate of drug-likeness (QED) is 0.545. The lowest BCUT2D eigenvalue weighted by Gasteiger charge is -1.96. The smallest absolute Gasteiger partial charge is 0.290 e. The maximum absolute atomic E-state index is 8.36. The van der Waals surface area contributed by atoms with E-state index in [1.807, 2.05) is 0 Å². The van der Waals surface area contributed by atoms with Crippen molar-refractivity contribution in [3.05, 3.63) is 0 Å². The first kappa shape index (κ1) is 11.3. The lowest BCUT2D eigenvalue weighted by Crippen LogP contribution is -2.01. The molecule has 3 heteroatoms. The van der Waals surface area contributed by atoms with Crippen LogP contribution in [0.2, 0.25) is 0 Å². The van der Waals surface area contributed by atoms with Gasteiger partial charge >= 0.3 is 0 Å². The van der Waals surface area contributed by atoms with Gasteiger partial charge in [0.25, 0.3) is 6.47 Å². The summed E-state index contributed by atoms with van der Waals surface area (Å²) in [6.07, 6.45) is 1.15. The highest BCUT2D eigenvalue weighted by atomic mass is 16.3. The maximum atomic E-state index is 8.36. The monoisotopic (exact) mass is 133 g/mol. The fourth-order valence-corrected chi connectivity index (χ4v) is 0.333. The molecule has 0 aromatic rings. The average molecular weight is 133 g/mol. The fraction of sp³-hybridized carbons (Fsp3) is 0.833.